The molecule has 1 fully saturated rings. The van der Waals surface area contributed by atoms with Crippen molar-refractivity contribution in [2.75, 3.05) is 66.4 Å². The molecule has 6 aromatic carbocycles. The molecule has 7 aromatic rings. The quantitative estimate of drug-likeness (QED) is 0.0409. The topological polar surface area (TPSA) is 483 Å². The highest BCUT2D eigenvalue weighted by atomic mass is 32.2. The zero-order valence-corrected chi connectivity index (χ0v) is 76.0. The minimum absolute atomic E-state index is 0.0648. The number of aliphatic hydroxyl groups is 1. The van der Waals surface area contributed by atoms with Crippen LogP contribution in [0.4, 0.5) is 0 Å². The molecule has 0 radical (unpaired) electrons. The van der Waals surface area contributed by atoms with Crippen LogP contribution in [-0.4, -0.2) is 272 Å². The van der Waals surface area contributed by atoms with E-state index < -0.39 is 198 Å². The molecule has 11 atom stereocenters. The van der Waals surface area contributed by atoms with Crippen LogP contribution in [0.5, 0.6) is 11.5 Å². The lowest BCUT2D eigenvalue weighted by Gasteiger charge is -2.37. The molecule has 1 aromatic heterocycles. The molecule has 1 saturated heterocycles. The van der Waals surface area contributed by atoms with E-state index in [0.29, 0.717) is 57.1 Å². The molecule has 36 heteroatoms. The van der Waals surface area contributed by atoms with E-state index in [4.69, 9.17) is 5.73 Å². The summed E-state index contributed by atoms with van der Waals surface area (Å²) >= 11 is 0.840. The number of rotatable bonds is 23. The van der Waals surface area contributed by atoms with E-state index in [2.05, 4.69) is 61.7 Å². The first-order chi connectivity index (χ1) is 61.4. The number of primary amides is 1. The van der Waals surface area contributed by atoms with Crippen molar-refractivity contribution in [2.24, 2.45) is 17.6 Å². The minimum Gasteiger partial charge on any atom is -0.508 e. The fraction of sp³-hybridized carbons (Fsp3) is 0.419. The van der Waals surface area contributed by atoms with Gasteiger partial charge in [0.1, 0.15) is 78.0 Å². The standard InChI is InChI=1S/C93H119N16O18PS/c1-11-12-32-74-91(125)106(7)52-79(114)98-70(48-81(116)128)87(121)104-82(56(4)5)93(127)108(9)75(45-58-26-18-14-19-27-58)88(122)102-71(44-61-35-39-64(111)40-36-61)89(123)105(6)51-78(113)97-69(47-62-49-95-66-31-23-22-30-65(62)66)86(120)101-68(42-60-33-37-63(110)38-34-60)85(119)100-67(41-55(2)3)84(118)103-73(83(117)96-50-77(94)112)53-129-54-80(115)99-72(43-57-24-16-13-17-25-57)90(124)109(10)76(92(126)107(74)8)46-59-28-20-15-21-29-59/h13-31,33-40,49,55-56,67-76,82,95,110-111,116,128H,11-12,32,41-48,50-54H2,1-10H3,(H2,94,112)(H,96,117)(H,97,113)(H,98,114)(H,99,115)(H,100,119)(H,101,120)(H,102,122)(H,103,118)(H,104,121)/t67-,68-,69+,70-,71-,72-,73-,74-,75-,76-,82-/m0/s1. The Hall–Kier alpha value is -13.0. The van der Waals surface area contributed by atoms with Crippen molar-refractivity contribution >= 4 is 126 Å². The number of benzene rings is 6. The number of nitrogens with zero attached hydrogens (tertiary/aromatic N) is 5. The van der Waals surface area contributed by atoms with Crippen molar-refractivity contribution in [1.29, 1.82) is 0 Å². The first kappa shape index (κ1) is 101. The van der Waals surface area contributed by atoms with Crippen LogP contribution in [0.25, 0.3) is 10.9 Å². The Morgan fingerprint density at radius 2 is 0.915 bits per heavy atom. The number of carbonyl (C=O) groups excluding carboxylic acids is 15. The lowest BCUT2D eigenvalue weighted by Crippen LogP contribution is -2.61. The van der Waals surface area contributed by atoms with Crippen LogP contribution in [0.15, 0.2) is 170 Å². The Bertz CT molecular complexity index is 5070. The number of phenols is 2. The largest absolute Gasteiger partial charge is 0.508 e. The number of amides is 15. The predicted molar refractivity (Wildman–Crippen MR) is 490 cm³/mol. The summed E-state index contributed by atoms with van der Waals surface area (Å²) in [5.41, 5.74) is 8.72. The van der Waals surface area contributed by atoms with E-state index in [1.165, 1.54) is 93.6 Å². The zero-order valence-electron chi connectivity index (χ0n) is 74.2. The van der Waals surface area contributed by atoms with Gasteiger partial charge in [-0.15, -0.1) is 11.8 Å². The van der Waals surface area contributed by atoms with E-state index in [1.54, 1.807) is 149 Å². The fourth-order valence-electron chi connectivity index (χ4n) is 15.0. The van der Waals surface area contributed by atoms with Gasteiger partial charge in [-0.1, -0.05) is 190 Å². The van der Waals surface area contributed by atoms with Crippen molar-refractivity contribution in [2.45, 2.75) is 172 Å². The van der Waals surface area contributed by atoms with Crippen molar-refractivity contribution in [3.8, 4) is 11.5 Å². The predicted octanol–water partition coefficient (Wildman–Crippen LogP) is 2.89. The number of hydrogen-bond donors (Lipinski definition) is 14. The number of para-hydroxylation sites is 1. The van der Waals surface area contributed by atoms with Gasteiger partial charge in [-0.3, -0.25) is 71.9 Å². The molecule has 34 nitrogen and oxygen atoms in total. The van der Waals surface area contributed by atoms with Crippen molar-refractivity contribution in [1.82, 2.24) is 77.3 Å². The van der Waals surface area contributed by atoms with Gasteiger partial charge in [0.15, 0.2) is 0 Å². The first-order valence-corrected chi connectivity index (χ1v) is 44.4. The highest BCUT2D eigenvalue weighted by Crippen LogP contribution is 2.25. The number of hydrogen-bond acceptors (Lipinski definition) is 18. The van der Waals surface area contributed by atoms with Crippen LogP contribution in [0.3, 0.4) is 0 Å². The number of aromatic nitrogens is 1. The summed E-state index contributed by atoms with van der Waals surface area (Å²) in [5.74, 6) is -15.2. The average Bonchev–Trinajstić information content (AvgIpc) is 1.50. The minimum atomic E-state index is -1.64. The number of aliphatic hydroxyl groups excluding tert-OH is 1. The molecule has 0 saturated carbocycles. The molecule has 129 heavy (non-hydrogen) atoms. The third kappa shape index (κ3) is 30.9. The smallest absolute Gasteiger partial charge is 0.246 e. The summed E-state index contributed by atoms with van der Waals surface area (Å²) in [4.78, 5) is 231. The Balaban J connectivity index is 1.21. The lowest BCUT2D eigenvalue weighted by atomic mass is 9.98. The van der Waals surface area contributed by atoms with Gasteiger partial charge >= 0.3 is 0 Å². The number of fused-ring (bicyclic) bond motifs is 1. The molecule has 0 aliphatic carbocycles. The number of aromatic hydroxyl groups is 2. The van der Waals surface area contributed by atoms with E-state index in [9.17, 15) is 48.9 Å². The summed E-state index contributed by atoms with van der Waals surface area (Å²) in [5, 5.41) is 56.5. The van der Waals surface area contributed by atoms with Gasteiger partial charge in [0.05, 0.1) is 30.9 Å². The SMILES string of the molecule is CCCC[C@H]1C(=O)N(C)CC(=O)N[C@@H](CC(O)=P)C(=O)N[C@@H](C(C)C)C(=O)N(C)[C@@H](Cc2ccccc2)C(=O)N[C@@H](Cc2ccc(O)cc2)C(=O)N(C)CC(=O)N[C@H](Cc2c[nH]c3ccccc23)C(=O)N[C@@H](Cc2ccc(O)cc2)C(=O)N[C@@H](CC(C)C)C(=O)N[C@H](C(=O)NCC(N)=O)CSCC(=O)N[C@@H](Cc2ccccc2)C(=O)N(C)[C@@H](Cc2ccccc2)C(=O)N1C. The number of carbonyl (C=O) groups is 15. The maximum absolute atomic E-state index is 15.5. The van der Waals surface area contributed by atoms with E-state index in [0.717, 1.165) is 26.5 Å². The highest BCUT2D eigenvalue weighted by molar-refractivity contribution is 8.00. The fourth-order valence-corrected chi connectivity index (χ4v) is 16.0. The second kappa shape index (κ2) is 49.4. The summed E-state index contributed by atoms with van der Waals surface area (Å²) in [6, 6.07) is 28.1. The molecule has 2 heterocycles. The van der Waals surface area contributed by atoms with Crippen LogP contribution >= 0.6 is 20.6 Å². The molecule has 15 N–H and O–H groups in total. The molecule has 15 amide bonds. The molecule has 1 aliphatic heterocycles. The molecule has 8 rings (SSSR count). The van der Waals surface area contributed by atoms with Gasteiger partial charge in [-0.2, -0.15) is 0 Å². The van der Waals surface area contributed by atoms with Crippen LogP contribution in [0.2, 0.25) is 0 Å². The molecule has 0 spiro atoms. The van der Waals surface area contributed by atoms with Gasteiger partial charge in [0, 0.05) is 103 Å². The van der Waals surface area contributed by atoms with Crippen LogP contribution in [0.1, 0.15) is 100 Å². The van der Waals surface area contributed by atoms with Gasteiger partial charge < -0.3 is 98.4 Å². The van der Waals surface area contributed by atoms with Gasteiger partial charge in [0.2, 0.25) is 88.6 Å². The van der Waals surface area contributed by atoms with E-state index in [1.807, 2.05) is 6.92 Å². The Labute approximate surface area is 756 Å². The molecule has 0 unspecified atom stereocenters. The maximum Gasteiger partial charge on any atom is 0.246 e. The second-order valence-corrected chi connectivity index (χ2v) is 34.7. The number of phenolic OH excluding ortho intramolecular Hbond substituents is 2. The van der Waals surface area contributed by atoms with E-state index in [-0.39, 0.29) is 74.5 Å². The highest BCUT2D eigenvalue weighted by Gasteiger charge is 2.42. The van der Waals surface area contributed by atoms with Crippen LogP contribution in [-0.2, 0) is 110 Å². The molecule has 0 bridgehead atoms. The number of thioether (sulfide) groups is 1. The lowest BCUT2D eigenvalue weighted by molar-refractivity contribution is -0.151. The zero-order chi connectivity index (χ0) is 94.3. The maximum atomic E-state index is 15.5. The molecular weight excluding hydrogens is 1690 g/mol. The summed E-state index contributed by atoms with van der Waals surface area (Å²) in [7, 11) is 9.75. The Morgan fingerprint density at radius 1 is 0.473 bits per heavy atom. The van der Waals surface area contributed by atoms with Crippen LogP contribution < -0.4 is 53.6 Å². The van der Waals surface area contributed by atoms with Gasteiger partial charge in [-0.25, -0.2) is 0 Å². The second-order valence-electron chi connectivity index (χ2n) is 33.1. The third-order valence-electron chi connectivity index (χ3n) is 22.1. The first-order valence-electron chi connectivity index (χ1n) is 42.7. The third-order valence-corrected chi connectivity index (χ3v) is 23.3. The van der Waals surface area contributed by atoms with Crippen molar-refractivity contribution < 1.29 is 87.2 Å². The summed E-state index contributed by atoms with van der Waals surface area (Å²) in [6.07, 6.45) is 0.777. The molecular formula is C93H119N16O18PS. The molecule has 690 valence electrons. The number of nitrogens with one attached hydrogen (secondary N) is 10. The number of aromatic amines is 1. The monoisotopic (exact) mass is 1810 g/mol. The van der Waals surface area contributed by atoms with Gasteiger partial charge in [0.25, 0.3) is 0 Å². The number of likely N-dealkylation sites (N-methyl/N-ethyl adjacent to an activating group) is 5. The normalized spacial score (nSPS) is 21.9. The number of nitrogens with two attached hydrogens (primary N) is 1. The van der Waals surface area contributed by atoms with Gasteiger partial charge in [-0.05, 0) is 88.4 Å². The van der Waals surface area contributed by atoms with Crippen molar-refractivity contribution in [3.05, 3.63) is 203 Å². The van der Waals surface area contributed by atoms with Crippen molar-refractivity contribution in [3.63, 3.8) is 0 Å². The Kier molecular flexibility index (Phi) is 38.8. The number of H-pyrrole nitrogens is 1. The Morgan fingerprint density at radius 3 is 1.45 bits per heavy atom. The van der Waals surface area contributed by atoms with Crippen LogP contribution in [0, 0.1) is 11.8 Å². The summed E-state index contributed by atoms with van der Waals surface area (Å²) < 4.78 is 0. The summed E-state index contributed by atoms with van der Waals surface area (Å²) in [6.45, 7) is 6.42. The molecule has 1 aliphatic rings. The number of unbranched alkanes of at least 4 members (excludes halogenated alkanes) is 1. The van der Waals surface area contributed by atoms with E-state index >= 15 is 38.4 Å². The average molecular weight is 1810 g/mol.